The maximum Gasteiger partial charge on any atom is 0.256 e. The van der Waals surface area contributed by atoms with E-state index >= 15 is 4.79 Å². The summed E-state index contributed by atoms with van der Waals surface area (Å²) in [6, 6.07) is 27.8. The Balaban J connectivity index is 0.768. The van der Waals surface area contributed by atoms with E-state index in [-0.39, 0.29) is 46.0 Å². The quantitative estimate of drug-likeness (QED) is 0.0596. The highest BCUT2D eigenvalue weighted by Gasteiger charge is 2.71. The summed E-state index contributed by atoms with van der Waals surface area (Å²) in [6.07, 6.45) is -6.34. The molecule has 0 bridgehead atoms. The van der Waals surface area contributed by atoms with Crippen molar-refractivity contribution >= 4 is 73.3 Å². The van der Waals surface area contributed by atoms with Gasteiger partial charge in [0.15, 0.2) is 30.6 Å². The number of hydrogen-bond donors (Lipinski definition) is 8. The average Bonchev–Trinajstić information content (AvgIpc) is 0.954. The maximum atomic E-state index is 15.6. The molecule has 19 nitrogen and oxygen atoms in total. The van der Waals surface area contributed by atoms with Crippen LogP contribution in [0.4, 0.5) is 17.1 Å². The number of hydrogen-bond acceptors (Lipinski definition) is 16. The van der Waals surface area contributed by atoms with Crippen molar-refractivity contribution in [2.75, 3.05) is 16.0 Å². The molecule has 0 spiro atoms. The minimum Gasteiger partial charge on any atom is -0.387 e. The fourth-order valence-corrected chi connectivity index (χ4v) is 17.5. The first kappa shape index (κ1) is 60.3. The number of anilines is 3. The third-order valence-corrected chi connectivity index (χ3v) is 22.8. The third-order valence-electron chi connectivity index (χ3n) is 22.8. The molecule has 3 amide bonds. The van der Waals surface area contributed by atoms with Crippen LogP contribution in [0.3, 0.4) is 0 Å². The number of fused-ring (bicyclic) bond motifs is 10. The van der Waals surface area contributed by atoms with Crippen LogP contribution in [0.2, 0.25) is 0 Å². The highest BCUT2D eigenvalue weighted by Crippen LogP contribution is 2.75. The first-order valence-corrected chi connectivity index (χ1v) is 31.1. The first-order chi connectivity index (χ1) is 41.8. The Hall–Kier alpha value is -6.65. The Kier molecular flexibility index (Phi) is 15.1. The number of carbonyl (C=O) groups excluding carboxylic acids is 4. The Morgan fingerprint density at radius 3 is 1.65 bits per heavy atom. The van der Waals surface area contributed by atoms with Gasteiger partial charge < -0.3 is 60.4 Å². The van der Waals surface area contributed by atoms with Crippen LogP contribution in [0.25, 0.3) is 32.7 Å². The number of aromatic nitrogens is 3. The van der Waals surface area contributed by atoms with Crippen molar-refractivity contribution in [2.45, 2.75) is 174 Å². The number of pyridine rings is 3. The van der Waals surface area contributed by atoms with Crippen molar-refractivity contribution < 1.29 is 63.7 Å². The molecule has 19 heteroatoms. The molecule has 7 aliphatic rings. The van der Waals surface area contributed by atoms with E-state index < -0.39 is 101 Å². The summed E-state index contributed by atoms with van der Waals surface area (Å²) in [5.74, 6) is -2.11. The lowest BCUT2D eigenvalue weighted by molar-refractivity contribution is -0.369. The Labute approximate surface area is 511 Å². The topological polar surface area (TPSA) is 281 Å². The van der Waals surface area contributed by atoms with E-state index in [0.717, 1.165) is 60.2 Å². The summed E-state index contributed by atoms with van der Waals surface area (Å²) in [4.78, 5) is 71.8. The normalized spacial score (nSPS) is 38.6. The third kappa shape index (κ3) is 9.94. The highest BCUT2D eigenvalue weighted by molar-refractivity contribution is 5.99. The molecule has 3 unspecified atom stereocenters. The average molecular weight is 1200 g/mol. The van der Waals surface area contributed by atoms with Gasteiger partial charge in [-0.15, -0.1) is 0 Å². The van der Waals surface area contributed by atoms with Crippen molar-refractivity contribution in [3.63, 3.8) is 0 Å². The number of benzene rings is 3. The second-order valence-corrected chi connectivity index (χ2v) is 28.3. The zero-order chi connectivity index (χ0) is 62.0. The van der Waals surface area contributed by atoms with Crippen LogP contribution in [0.15, 0.2) is 121 Å². The molecule has 88 heavy (non-hydrogen) atoms. The molecule has 6 fully saturated rings. The van der Waals surface area contributed by atoms with Crippen LogP contribution < -0.4 is 16.0 Å². The first-order valence-electron chi connectivity index (χ1n) is 31.1. The monoisotopic (exact) mass is 1200 g/mol. The fourth-order valence-electron chi connectivity index (χ4n) is 17.5. The van der Waals surface area contributed by atoms with Crippen molar-refractivity contribution in [3.8, 4) is 0 Å². The van der Waals surface area contributed by atoms with Gasteiger partial charge in [0.25, 0.3) is 11.8 Å². The van der Waals surface area contributed by atoms with Gasteiger partial charge in [-0.05, 0) is 139 Å². The minimum atomic E-state index is -2.00. The molecule has 3 aromatic heterocycles. The van der Waals surface area contributed by atoms with Gasteiger partial charge in [0.1, 0.15) is 36.6 Å². The zero-order valence-electron chi connectivity index (χ0n) is 50.8. The number of nitrogens with one attached hydrogen (secondary N) is 3. The van der Waals surface area contributed by atoms with Gasteiger partial charge in [0.05, 0.1) is 58.3 Å². The molecule has 13 rings (SSSR count). The molecule has 0 radical (unpaired) electrons. The summed E-state index contributed by atoms with van der Waals surface area (Å²) in [6.45, 7) is 15.6. The number of aliphatic hydroxyl groups is 5. The van der Waals surface area contributed by atoms with E-state index in [1.807, 2.05) is 78.9 Å². The maximum absolute atomic E-state index is 15.6. The highest BCUT2D eigenvalue weighted by atomic mass is 16.8. The van der Waals surface area contributed by atoms with Crippen LogP contribution in [0.5, 0.6) is 0 Å². The van der Waals surface area contributed by atoms with E-state index in [4.69, 9.17) is 18.9 Å². The Bertz CT molecular complexity index is 3790. The second-order valence-electron chi connectivity index (χ2n) is 28.3. The second kappa shape index (κ2) is 22.1. The van der Waals surface area contributed by atoms with Crippen molar-refractivity contribution in [1.29, 1.82) is 0 Å². The number of rotatable bonds is 10. The smallest absolute Gasteiger partial charge is 0.256 e. The standard InChI is InChI=1S/C69H80N6O13/c1-64(2)48-20-23-69(7)58(47(76)31-42-43-32-66(4,25-24-65(43,3)26-27-68(42,69)6)63(84)75-41-30-38-16-10-13-19-46(38)72-35-41)67(48,5)22-21-49(64)85-62-57(53(80)52(79)56(87-62)60(83)74-40-29-37-15-9-12-18-45(37)71-34-40)88-61-54(81)50(77)51(78)55(86-61)59(82)73-39-28-36-14-8-11-17-44(36)70-33-39/h8-19,28-31,33-35,43,48-58,61-62,77-81H,20-27,32H2,1-7H3,(H,73,82)(H,74,83)(H,75,84)/t43?,48?,49-,50-,51-,52-,53-,54+,55-,56-,57+,58?,61-,62+,65+,66-,67-,68+,69+/m0/s1. The van der Waals surface area contributed by atoms with E-state index in [9.17, 15) is 39.9 Å². The lowest BCUT2D eigenvalue weighted by atomic mass is 9.33. The van der Waals surface area contributed by atoms with Gasteiger partial charge >= 0.3 is 0 Å². The van der Waals surface area contributed by atoms with Crippen molar-refractivity contribution in [1.82, 2.24) is 15.0 Å². The summed E-state index contributed by atoms with van der Waals surface area (Å²) in [5, 5.41) is 69.2. The molecule has 3 aromatic carbocycles. The lowest BCUT2D eigenvalue weighted by Gasteiger charge is -2.70. The van der Waals surface area contributed by atoms with Crippen LogP contribution in [-0.4, -0.2) is 132 Å². The predicted molar refractivity (Wildman–Crippen MR) is 328 cm³/mol. The minimum absolute atomic E-state index is 0.0115. The molecule has 8 N–H and O–H groups in total. The SMILES string of the molecule is CC1(C)C2CC[C@]3(C)C(C(=O)C=C4C5C[C@@](C)(C(=O)Nc6cnc7ccccc7c6)CC[C@]5(C)CC[C@]43C)[C@@]2(C)CC[C@@H]1O[C@@H]1O[C@H](C(=O)Nc2cnc3ccccc3c2)[C@@H](O)[C@H](O)[C@H]1O[C@@H]1O[C@H](C(=O)Nc2cnc3ccccc3c2)[C@@H](O)[C@H](O)[C@H]1O. The molecule has 4 saturated carbocycles. The van der Waals surface area contributed by atoms with Crippen LogP contribution in [0.1, 0.15) is 106 Å². The molecule has 2 saturated heterocycles. The molecule has 5 aliphatic carbocycles. The summed E-state index contributed by atoms with van der Waals surface area (Å²) in [5.41, 5.74) is 1.79. The predicted octanol–water partition coefficient (Wildman–Crippen LogP) is 8.55. The van der Waals surface area contributed by atoms with Gasteiger partial charge in [0, 0.05) is 27.5 Å². The van der Waals surface area contributed by atoms with Gasteiger partial charge in [-0.2, -0.15) is 0 Å². The lowest BCUT2D eigenvalue weighted by Crippen LogP contribution is -2.68. The molecule has 464 valence electrons. The molecule has 2 aliphatic heterocycles. The number of para-hydroxylation sites is 3. The number of ketones is 1. The van der Waals surface area contributed by atoms with E-state index in [2.05, 4.69) is 79.4 Å². The van der Waals surface area contributed by atoms with Crippen molar-refractivity contribution in [3.05, 3.63) is 121 Å². The molecule has 5 heterocycles. The van der Waals surface area contributed by atoms with E-state index in [0.29, 0.717) is 41.7 Å². The van der Waals surface area contributed by atoms with Crippen molar-refractivity contribution in [2.24, 2.45) is 50.2 Å². The van der Waals surface area contributed by atoms with Gasteiger partial charge in [-0.25, -0.2) is 0 Å². The van der Waals surface area contributed by atoms with Gasteiger partial charge in [0.2, 0.25) is 5.91 Å². The summed E-state index contributed by atoms with van der Waals surface area (Å²) in [7, 11) is 0. The molecule has 19 atom stereocenters. The van der Waals surface area contributed by atoms with Gasteiger partial charge in [-0.3, -0.25) is 34.1 Å². The fraction of sp³-hybridized carbons (Fsp3) is 0.522. The van der Waals surface area contributed by atoms with E-state index in [1.54, 1.807) is 24.4 Å². The van der Waals surface area contributed by atoms with Crippen LogP contribution >= 0.6 is 0 Å². The number of aliphatic hydroxyl groups excluding tert-OH is 5. The summed E-state index contributed by atoms with van der Waals surface area (Å²) < 4.78 is 25.8. The van der Waals surface area contributed by atoms with E-state index in [1.165, 1.54) is 18.0 Å². The Morgan fingerprint density at radius 2 is 1.08 bits per heavy atom. The largest absolute Gasteiger partial charge is 0.387 e. The Morgan fingerprint density at radius 1 is 0.568 bits per heavy atom. The zero-order valence-corrected chi connectivity index (χ0v) is 50.8. The molecular formula is C69H80N6O13. The number of nitrogens with zero attached hydrogens (tertiary/aromatic N) is 3. The number of carbonyl (C=O) groups is 4. The van der Waals surface area contributed by atoms with Gasteiger partial charge in [-0.1, -0.05) is 109 Å². The number of amides is 3. The number of ether oxygens (including phenoxy) is 4. The number of allylic oxidation sites excluding steroid dienone is 2. The molecular weight excluding hydrogens is 1120 g/mol. The summed E-state index contributed by atoms with van der Waals surface area (Å²) >= 11 is 0. The molecule has 6 aromatic rings. The van der Waals surface area contributed by atoms with Crippen LogP contribution in [-0.2, 0) is 38.1 Å². The van der Waals surface area contributed by atoms with Crippen LogP contribution in [0, 0.1) is 50.2 Å².